The van der Waals surface area contributed by atoms with Crippen molar-refractivity contribution in [1.29, 1.82) is 0 Å². The zero-order chi connectivity index (χ0) is 14.3. The van der Waals surface area contributed by atoms with Crippen molar-refractivity contribution in [3.63, 3.8) is 0 Å². The fourth-order valence-corrected chi connectivity index (χ4v) is 1.98. The molecule has 0 spiro atoms. The minimum atomic E-state index is 0.511. The lowest BCUT2D eigenvalue weighted by molar-refractivity contribution is 0.118. The number of anilines is 1. The fraction of sp³-hybridized carbons (Fsp3) is 0.600. The van der Waals surface area contributed by atoms with Gasteiger partial charge in [0.2, 0.25) is 0 Å². The van der Waals surface area contributed by atoms with Gasteiger partial charge in [-0.2, -0.15) is 0 Å². The Morgan fingerprint density at radius 1 is 1.32 bits per heavy atom. The summed E-state index contributed by atoms with van der Waals surface area (Å²) in [7, 11) is 3.38. The Bertz CT molecular complexity index is 382. The van der Waals surface area contributed by atoms with E-state index < -0.39 is 0 Å². The quantitative estimate of drug-likeness (QED) is 0.735. The second-order valence-corrected chi connectivity index (χ2v) is 4.79. The average Bonchev–Trinajstić information content (AvgIpc) is 2.43. The monoisotopic (exact) mass is 266 g/mol. The Balaban J connectivity index is 2.77. The maximum absolute atomic E-state index is 6.08. The van der Waals surface area contributed by atoms with Gasteiger partial charge in [0.25, 0.3) is 0 Å². The molecule has 0 aliphatic rings. The molecule has 0 heterocycles. The van der Waals surface area contributed by atoms with Crippen LogP contribution in [0.4, 0.5) is 5.69 Å². The first-order valence-electron chi connectivity index (χ1n) is 6.77. The summed E-state index contributed by atoms with van der Waals surface area (Å²) in [6.45, 7) is 6.92. The van der Waals surface area contributed by atoms with Gasteiger partial charge in [-0.15, -0.1) is 0 Å². The van der Waals surface area contributed by atoms with E-state index in [1.54, 1.807) is 14.2 Å². The van der Waals surface area contributed by atoms with Crippen LogP contribution in [0.2, 0.25) is 0 Å². The van der Waals surface area contributed by atoms with Crippen molar-refractivity contribution in [3.8, 4) is 5.75 Å². The fourth-order valence-electron chi connectivity index (χ4n) is 1.98. The number of nitrogens with zero attached hydrogens (tertiary/aromatic N) is 1. The van der Waals surface area contributed by atoms with E-state index in [1.165, 1.54) is 0 Å². The molecule has 0 aliphatic carbocycles. The van der Waals surface area contributed by atoms with Gasteiger partial charge < -0.3 is 15.2 Å². The number of hydrogen-bond acceptors (Lipinski definition) is 4. The smallest absolute Gasteiger partial charge is 0.120 e. The molecule has 0 radical (unpaired) electrons. The molecule has 0 amide bonds. The number of methoxy groups -OCH3 is 2. The van der Waals surface area contributed by atoms with Crippen molar-refractivity contribution in [1.82, 2.24) is 4.90 Å². The lowest BCUT2D eigenvalue weighted by Gasteiger charge is -2.28. The molecular formula is C15H26N2O2. The maximum atomic E-state index is 6.08. The Labute approximate surface area is 116 Å². The standard InChI is InChI=1S/C15H26N2O2/c1-5-12(2)17(8-9-18-3)11-13-6-7-14(19-4)10-15(13)16/h6-7,10,12H,5,8-9,11,16H2,1-4H3. The van der Waals surface area contributed by atoms with Gasteiger partial charge in [0, 0.05) is 38.0 Å². The predicted octanol–water partition coefficient (Wildman–Crippen LogP) is 2.52. The van der Waals surface area contributed by atoms with Gasteiger partial charge in [-0.1, -0.05) is 13.0 Å². The number of rotatable bonds is 8. The number of ether oxygens (including phenoxy) is 2. The molecule has 4 heteroatoms. The highest BCUT2D eigenvalue weighted by atomic mass is 16.5. The van der Waals surface area contributed by atoms with Crippen molar-refractivity contribution < 1.29 is 9.47 Å². The van der Waals surface area contributed by atoms with Crippen LogP contribution in [0.15, 0.2) is 18.2 Å². The van der Waals surface area contributed by atoms with Crippen LogP contribution in [-0.2, 0) is 11.3 Å². The molecule has 0 saturated heterocycles. The molecule has 1 rings (SSSR count). The highest BCUT2D eigenvalue weighted by molar-refractivity contribution is 5.51. The summed E-state index contributed by atoms with van der Waals surface area (Å²) < 4.78 is 10.4. The van der Waals surface area contributed by atoms with Crippen LogP contribution in [0.1, 0.15) is 25.8 Å². The summed E-state index contributed by atoms with van der Waals surface area (Å²) in [6, 6.07) is 6.38. The van der Waals surface area contributed by atoms with Crippen molar-refractivity contribution >= 4 is 5.69 Å². The number of benzene rings is 1. The molecule has 1 aromatic carbocycles. The number of hydrogen-bond donors (Lipinski definition) is 1. The van der Waals surface area contributed by atoms with Crippen LogP contribution in [0.3, 0.4) is 0 Å². The third-order valence-electron chi connectivity index (χ3n) is 3.52. The molecule has 1 atom stereocenters. The predicted molar refractivity (Wildman–Crippen MR) is 79.4 cm³/mol. The second-order valence-electron chi connectivity index (χ2n) is 4.79. The van der Waals surface area contributed by atoms with Crippen LogP contribution in [0, 0.1) is 0 Å². The molecule has 2 N–H and O–H groups in total. The first kappa shape index (κ1) is 15.8. The number of nitrogens with two attached hydrogens (primary N) is 1. The first-order chi connectivity index (χ1) is 9.12. The van der Waals surface area contributed by atoms with E-state index in [4.69, 9.17) is 15.2 Å². The normalized spacial score (nSPS) is 12.7. The Hall–Kier alpha value is -1.26. The molecule has 0 saturated carbocycles. The van der Waals surface area contributed by atoms with Gasteiger partial charge in [0.1, 0.15) is 5.75 Å². The van der Waals surface area contributed by atoms with Gasteiger partial charge in [0.05, 0.1) is 13.7 Å². The maximum Gasteiger partial charge on any atom is 0.120 e. The first-order valence-corrected chi connectivity index (χ1v) is 6.77. The molecule has 1 unspecified atom stereocenters. The topological polar surface area (TPSA) is 47.7 Å². The molecule has 1 aromatic rings. The summed E-state index contributed by atoms with van der Waals surface area (Å²) in [4.78, 5) is 2.39. The van der Waals surface area contributed by atoms with Crippen LogP contribution in [-0.4, -0.2) is 38.3 Å². The molecule has 108 valence electrons. The summed E-state index contributed by atoms with van der Waals surface area (Å²) in [6.07, 6.45) is 1.11. The Morgan fingerprint density at radius 3 is 2.58 bits per heavy atom. The molecular weight excluding hydrogens is 240 g/mol. The average molecular weight is 266 g/mol. The second kappa shape index (κ2) is 8.02. The largest absolute Gasteiger partial charge is 0.497 e. The van der Waals surface area contributed by atoms with E-state index in [-0.39, 0.29) is 0 Å². The van der Waals surface area contributed by atoms with Crippen LogP contribution >= 0.6 is 0 Å². The molecule has 19 heavy (non-hydrogen) atoms. The van der Waals surface area contributed by atoms with Gasteiger partial charge in [-0.05, 0) is 25.0 Å². The molecule has 0 aromatic heterocycles. The zero-order valence-electron chi connectivity index (χ0n) is 12.5. The van der Waals surface area contributed by atoms with Crippen molar-refractivity contribution in [2.75, 3.05) is 33.1 Å². The number of nitrogen functional groups attached to an aromatic ring is 1. The van der Waals surface area contributed by atoms with Crippen LogP contribution in [0.5, 0.6) is 5.75 Å². The molecule has 0 fully saturated rings. The van der Waals surface area contributed by atoms with E-state index in [0.717, 1.165) is 43.1 Å². The molecule has 0 bridgehead atoms. The van der Waals surface area contributed by atoms with Crippen molar-refractivity contribution in [3.05, 3.63) is 23.8 Å². The summed E-state index contributed by atoms with van der Waals surface area (Å²) >= 11 is 0. The molecule has 0 aliphatic heterocycles. The summed E-state index contributed by atoms with van der Waals surface area (Å²) in [5, 5.41) is 0. The summed E-state index contributed by atoms with van der Waals surface area (Å²) in [5.74, 6) is 0.799. The minimum absolute atomic E-state index is 0.511. The Morgan fingerprint density at radius 2 is 2.05 bits per heavy atom. The lowest BCUT2D eigenvalue weighted by Crippen LogP contribution is -2.35. The third-order valence-corrected chi connectivity index (χ3v) is 3.52. The highest BCUT2D eigenvalue weighted by Gasteiger charge is 2.14. The minimum Gasteiger partial charge on any atom is -0.497 e. The Kier molecular flexibility index (Phi) is 6.67. The van der Waals surface area contributed by atoms with E-state index >= 15 is 0 Å². The summed E-state index contributed by atoms with van der Waals surface area (Å²) in [5.41, 5.74) is 8.00. The van der Waals surface area contributed by atoms with Gasteiger partial charge >= 0.3 is 0 Å². The SMILES string of the molecule is CCC(C)N(CCOC)Cc1ccc(OC)cc1N. The lowest BCUT2D eigenvalue weighted by atomic mass is 10.1. The van der Waals surface area contributed by atoms with Crippen LogP contribution in [0.25, 0.3) is 0 Å². The zero-order valence-corrected chi connectivity index (χ0v) is 12.5. The van der Waals surface area contributed by atoms with Gasteiger partial charge in [-0.3, -0.25) is 4.90 Å². The van der Waals surface area contributed by atoms with E-state index in [0.29, 0.717) is 6.04 Å². The van der Waals surface area contributed by atoms with E-state index in [1.807, 2.05) is 18.2 Å². The highest BCUT2D eigenvalue weighted by Crippen LogP contribution is 2.22. The van der Waals surface area contributed by atoms with Crippen molar-refractivity contribution in [2.24, 2.45) is 0 Å². The van der Waals surface area contributed by atoms with Crippen molar-refractivity contribution in [2.45, 2.75) is 32.9 Å². The molecule has 4 nitrogen and oxygen atoms in total. The van der Waals surface area contributed by atoms with Gasteiger partial charge in [-0.25, -0.2) is 0 Å². The van der Waals surface area contributed by atoms with E-state index in [9.17, 15) is 0 Å². The van der Waals surface area contributed by atoms with E-state index in [2.05, 4.69) is 18.7 Å². The third kappa shape index (κ3) is 4.73. The van der Waals surface area contributed by atoms with Crippen LogP contribution < -0.4 is 10.5 Å². The van der Waals surface area contributed by atoms with Gasteiger partial charge in [0.15, 0.2) is 0 Å².